The minimum Gasteiger partial charge on any atom is -0.407 e. The summed E-state index contributed by atoms with van der Waals surface area (Å²) in [4.78, 5) is 15.5. The van der Waals surface area contributed by atoms with Gasteiger partial charge in [0.2, 0.25) is 0 Å². The molecule has 1 aliphatic rings. The van der Waals surface area contributed by atoms with Crippen LogP contribution >= 0.6 is 11.6 Å². The summed E-state index contributed by atoms with van der Waals surface area (Å²) in [5.41, 5.74) is 1.21. The van der Waals surface area contributed by atoms with Gasteiger partial charge in [-0.1, -0.05) is 30.7 Å². The third kappa shape index (κ3) is 2.31. The highest BCUT2D eigenvalue weighted by Crippen LogP contribution is 2.17. The number of aliphatic imine (C=N–C) groups is 1. The molecule has 0 saturated heterocycles. The summed E-state index contributed by atoms with van der Waals surface area (Å²) in [7, 11) is 0. The molecule has 0 radical (unpaired) electrons. The maximum atomic E-state index is 11.4. The summed E-state index contributed by atoms with van der Waals surface area (Å²) < 4.78 is 4.94. The molecule has 1 heterocycles. The Morgan fingerprint density at radius 3 is 2.62 bits per heavy atom. The van der Waals surface area contributed by atoms with Gasteiger partial charge in [0.15, 0.2) is 11.6 Å². The van der Waals surface area contributed by atoms with Crippen LogP contribution in [0.25, 0.3) is 6.08 Å². The van der Waals surface area contributed by atoms with Gasteiger partial charge in [-0.2, -0.15) is 0 Å². The first-order chi connectivity index (χ1) is 7.69. The quantitative estimate of drug-likeness (QED) is 0.584. The van der Waals surface area contributed by atoms with Crippen LogP contribution in [-0.2, 0) is 9.53 Å². The molecule has 1 aromatic carbocycles. The second-order valence-corrected chi connectivity index (χ2v) is 3.77. The molecule has 0 N–H and O–H groups in total. The number of carbonyl (C=O) groups is 1. The van der Waals surface area contributed by atoms with Gasteiger partial charge in [0, 0.05) is 11.4 Å². The predicted molar refractivity (Wildman–Crippen MR) is 63.2 cm³/mol. The third-order valence-electron chi connectivity index (χ3n) is 2.14. The number of cyclic esters (lactones) is 1. The van der Waals surface area contributed by atoms with Crippen LogP contribution in [0.3, 0.4) is 0 Å². The molecule has 82 valence electrons. The van der Waals surface area contributed by atoms with Crippen LogP contribution in [-0.4, -0.2) is 11.9 Å². The van der Waals surface area contributed by atoms with Crippen molar-refractivity contribution in [3.8, 4) is 0 Å². The van der Waals surface area contributed by atoms with E-state index in [1.165, 1.54) is 0 Å². The first-order valence-corrected chi connectivity index (χ1v) is 5.34. The lowest BCUT2D eigenvalue weighted by molar-refractivity contribution is -0.130. The Morgan fingerprint density at radius 1 is 1.38 bits per heavy atom. The normalized spacial score (nSPS) is 17.5. The molecule has 0 aliphatic carbocycles. The van der Waals surface area contributed by atoms with E-state index < -0.39 is 5.97 Å². The molecular formula is C12H10ClNO2. The van der Waals surface area contributed by atoms with Crippen molar-refractivity contribution in [2.75, 3.05) is 0 Å². The monoisotopic (exact) mass is 235 g/mol. The number of hydrogen-bond acceptors (Lipinski definition) is 3. The molecule has 16 heavy (non-hydrogen) atoms. The van der Waals surface area contributed by atoms with Crippen LogP contribution in [0, 0.1) is 0 Å². The maximum absolute atomic E-state index is 11.4. The summed E-state index contributed by atoms with van der Waals surface area (Å²) in [5, 5.41) is 0.661. The van der Waals surface area contributed by atoms with Crippen molar-refractivity contribution >= 4 is 29.5 Å². The summed E-state index contributed by atoms with van der Waals surface area (Å²) in [6, 6.07) is 7.17. The summed E-state index contributed by atoms with van der Waals surface area (Å²) in [5.74, 6) is 0.0667. The first kappa shape index (κ1) is 10.9. The van der Waals surface area contributed by atoms with Gasteiger partial charge in [-0.25, -0.2) is 9.79 Å². The number of rotatable bonds is 2. The Labute approximate surface area is 98.4 Å². The van der Waals surface area contributed by atoms with Gasteiger partial charge in [-0.15, -0.1) is 0 Å². The van der Waals surface area contributed by atoms with E-state index in [1.807, 2.05) is 19.1 Å². The predicted octanol–water partition coefficient (Wildman–Crippen LogP) is 3.05. The molecule has 0 bridgehead atoms. The van der Waals surface area contributed by atoms with Gasteiger partial charge < -0.3 is 4.74 Å². The van der Waals surface area contributed by atoms with E-state index in [-0.39, 0.29) is 0 Å². The fourth-order valence-electron chi connectivity index (χ4n) is 1.32. The molecule has 0 atom stereocenters. The molecular weight excluding hydrogens is 226 g/mol. The number of hydrogen-bond donors (Lipinski definition) is 0. The zero-order valence-electron chi connectivity index (χ0n) is 8.74. The number of esters is 1. The lowest BCUT2D eigenvalue weighted by Crippen LogP contribution is -2.02. The minimum atomic E-state index is -0.396. The standard InChI is InChI=1S/C12H10ClNO2/c1-2-11-14-10(12(15)16-11)7-8-3-5-9(13)6-4-8/h3-7H,2H2,1H3/b10-7-. The van der Waals surface area contributed by atoms with E-state index in [9.17, 15) is 4.79 Å². The summed E-state index contributed by atoms with van der Waals surface area (Å²) in [6.07, 6.45) is 2.30. The van der Waals surface area contributed by atoms with Crippen molar-refractivity contribution in [2.45, 2.75) is 13.3 Å². The van der Waals surface area contributed by atoms with E-state index in [0.717, 1.165) is 5.56 Å². The molecule has 3 nitrogen and oxygen atoms in total. The van der Waals surface area contributed by atoms with Crippen molar-refractivity contribution in [3.63, 3.8) is 0 Å². The highest BCUT2D eigenvalue weighted by atomic mass is 35.5. The lowest BCUT2D eigenvalue weighted by Gasteiger charge is -1.94. The fourth-order valence-corrected chi connectivity index (χ4v) is 1.45. The van der Waals surface area contributed by atoms with E-state index in [2.05, 4.69) is 4.99 Å². The van der Waals surface area contributed by atoms with Crippen LogP contribution in [0.15, 0.2) is 35.0 Å². The zero-order chi connectivity index (χ0) is 11.5. The highest BCUT2D eigenvalue weighted by molar-refractivity contribution is 6.30. The van der Waals surface area contributed by atoms with Crippen LogP contribution in [0.1, 0.15) is 18.9 Å². The molecule has 0 unspecified atom stereocenters. The van der Waals surface area contributed by atoms with Crippen molar-refractivity contribution in [2.24, 2.45) is 4.99 Å². The van der Waals surface area contributed by atoms with E-state index in [1.54, 1.807) is 18.2 Å². The van der Waals surface area contributed by atoms with Crippen molar-refractivity contribution in [3.05, 3.63) is 40.5 Å². The van der Waals surface area contributed by atoms with Crippen molar-refractivity contribution in [1.29, 1.82) is 0 Å². The first-order valence-electron chi connectivity index (χ1n) is 4.96. The largest absolute Gasteiger partial charge is 0.407 e. The van der Waals surface area contributed by atoms with E-state index in [0.29, 0.717) is 23.0 Å². The lowest BCUT2D eigenvalue weighted by atomic mass is 10.2. The van der Waals surface area contributed by atoms with Crippen LogP contribution in [0.5, 0.6) is 0 Å². The average Bonchev–Trinajstić information content (AvgIpc) is 2.63. The van der Waals surface area contributed by atoms with E-state index in [4.69, 9.17) is 16.3 Å². The number of ether oxygens (including phenoxy) is 1. The molecule has 2 rings (SSSR count). The third-order valence-corrected chi connectivity index (χ3v) is 2.39. The van der Waals surface area contributed by atoms with Crippen LogP contribution < -0.4 is 0 Å². The topological polar surface area (TPSA) is 38.7 Å². The second kappa shape index (κ2) is 4.49. The molecule has 1 aromatic rings. The average molecular weight is 236 g/mol. The number of halogens is 1. The van der Waals surface area contributed by atoms with Gasteiger partial charge in [-0.05, 0) is 23.8 Å². The molecule has 0 fully saturated rings. The Kier molecular flexibility index (Phi) is 3.06. The van der Waals surface area contributed by atoms with Crippen molar-refractivity contribution in [1.82, 2.24) is 0 Å². The molecule has 0 amide bonds. The number of nitrogens with zero attached hydrogens (tertiary/aromatic N) is 1. The maximum Gasteiger partial charge on any atom is 0.363 e. The molecule has 0 spiro atoms. The zero-order valence-corrected chi connectivity index (χ0v) is 9.49. The van der Waals surface area contributed by atoms with Gasteiger partial charge in [0.05, 0.1) is 0 Å². The van der Waals surface area contributed by atoms with Crippen LogP contribution in [0.4, 0.5) is 0 Å². The van der Waals surface area contributed by atoms with Crippen molar-refractivity contribution < 1.29 is 9.53 Å². The van der Waals surface area contributed by atoms with Gasteiger partial charge in [-0.3, -0.25) is 0 Å². The Hall–Kier alpha value is -1.61. The Morgan fingerprint density at radius 2 is 2.06 bits per heavy atom. The van der Waals surface area contributed by atoms with Gasteiger partial charge >= 0.3 is 5.97 Å². The second-order valence-electron chi connectivity index (χ2n) is 3.33. The summed E-state index contributed by atoms with van der Waals surface area (Å²) >= 11 is 5.76. The molecule has 4 heteroatoms. The number of benzene rings is 1. The molecule has 1 aliphatic heterocycles. The van der Waals surface area contributed by atoms with Gasteiger partial charge in [0.1, 0.15) is 0 Å². The van der Waals surface area contributed by atoms with Crippen LogP contribution in [0.2, 0.25) is 5.02 Å². The Balaban J connectivity index is 2.28. The Bertz CT molecular complexity index is 474. The summed E-state index contributed by atoms with van der Waals surface area (Å²) in [6.45, 7) is 1.89. The smallest absolute Gasteiger partial charge is 0.363 e. The SMILES string of the molecule is CCC1=N/C(=C\c2ccc(Cl)cc2)C(=O)O1. The fraction of sp³-hybridized carbons (Fsp3) is 0.167. The number of carbonyl (C=O) groups excluding carboxylic acids is 1. The highest BCUT2D eigenvalue weighted by Gasteiger charge is 2.21. The molecule has 0 aromatic heterocycles. The van der Waals surface area contributed by atoms with E-state index >= 15 is 0 Å². The minimum absolute atomic E-state index is 0.333. The molecule has 0 saturated carbocycles. The van der Waals surface area contributed by atoms with Gasteiger partial charge in [0.25, 0.3) is 0 Å².